The zero-order valence-electron chi connectivity index (χ0n) is 19.9. The summed E-state index contributed by atoms with van der Waals surface area (Å²) in [6, 6.07) is 13.8. The highest BCUT2D eigenvalue weighted by molar-refractivity contribution is 7.89. The van der Waals surface area contributed by atoms with Crippen molar-refractivity contribution in [1.29, 1.82) is 0 Å². The first-order chi connectivity index (χ1) is 17.5. The van der Waals surface area contributed by atoms with E-state index in [1.165, 1.54) is 12.1 Å². The van der Waals surface area contributed by atoms with E-state index in [1.807, 2.05) is 36.6 Å². The molecule has 7 nitrogen and oxygen atoms in total. The highest BCUT2D eigenvalue weighted by Crippen LogP contribution is 2.35. The maximum atomic E-state index is 14.9. The lowest BCUT2D eigenvalue weighted by Crippen LogP contribution is -2.41. The normalized spacial score (nSPS) is 15.3. The van der Waals surface area contributed by atoms with Gasteiger partial charge in [0, 0.05) is 55.2 Å². The molecule has 1 unspecified atom stereocenters. The monoisotopic (exact) mass is 527 g/mol. The third kappa shape index (κ3) is 5.58. The number of benzene rings is 2. The average Bonchev–Trinajstić information content (AvgIpc) is 3.51. The number of nitrogens with one attached hydrogen (secondary N) is 1. The van der Waals surface area contributed by atoms with Crippen molar-refractivity contribution < 1.29 is 23.2 Å². The van der Waals surface area contributed by atoms with E-state index in [2.05, 4.69) is 9.97 Å². The Morgan fingerprint density at radius 1 is 1.14 bits per heavy atom. The number of methoxy groups -OCH3 is 1. The second kappa shape index (κ2) is 11.0. The topological polar surface area (TPSA) is 82.7 Å². The molecule has 0 saturated carbocycles. The minimum Gasteiger partial charge on any atom is -0.593 e. The Morgan fingerprint density at radius 2 is 1.94 bits per heavy atom. The van der Waals surface area contributed by atoms with Gasteiger partial charge in [-0.15, -0.1) is 15.6 Å². The number of ether oxygens (including phenoxy) is 3. The van der Waals surface area contributed by atoms with Gasteiger partial charge in [-0.25, -0.2) is 9.37 Å². The summed E-state index contributed by atoms with van der Waals surface area (Å²) in [7, 11) is 1.62. The number of H-pyrrole nitrogens is 1. The van der Waals surface area contributed by atoms with E-state index < -0.39 is 17.2 Å². The van der Waals surface area contributed by atoms with Crippen molar-refractivity contribution in [1.82, 2.24) is 14.3 Å². The number of hydrogen-bond acceptors (Lipinski definition) is 7. The number of aromatic amines is 1. The summed E-state index contributed by atoms with van der Waals surface area (Å²) in [6.07, 6.45) is 2.57. The second-order valence-electron chi connectivity index (χ2n) is 8.43. The van der Waals surface area contributed by atoms with Crippen molar-refractivity contribution in [2.24, 2.45) is 0 Å². The molecule has 1 aliphatic heterocycles. The maximum absolute atomic E-state index is 14.9. The number of thiazole rings is 1. The highest BCUT2D eigenvalue weighted by Gasteiger charge is 2.29. The molecule has 2 aromatic heterocycles. The van der Waals surface area contributed by atoms with Crippen molar-refractivity contribution >= 4 is 22.7 Å². The number of rotatable bonds is 10. The van der Waals surface area contributed by atoms with E-state index in [0.29, 0.717) is 23.0 Å². The fourth-order valence-corrected chi connectivity index (χ4v) is 5.70. The molecule has 0 bridgehead atoms. The molecule has 0 radical (unpaired) electrons. The van der Waals surface area contributed by atoms with Crippen LogP contribution in [0.3, 0.4) is 0 Å². The molecule has 0 amide bonds. The number of aromatic nitrogens is 2. The molecular weight excluding hydrogens is 501 g/mol. The van der Waals surface area contributed by atoms with Gasteiger partial charge in [0.1, 0.15) is 22.6 Å². The van der Waals surface area contributed by atoms with Crippen molar-refractivity contribution in [3.8, 4) is 39.2 Å². The minimum absolute atomic E-state index is 0.0439. The molecule has 188 valence electrons. The Hall–Kier alpha value is -2.89. The number of hydrogen-bond donors (Lipinski definition) is 1. The van der Waals surface area contributed by atoms with Crippen LogP contribution in [-0.4, -0.2) is 51.7 Å². The van der Waals surface area contributed by atoms with Crippen LogP contribution in [0.2, 0.25) is 0 Å². The first kappa shape index (κ1) is 24.8. The van der Waals surface area contributed by atoms with Gasteiger partial charge in [-0.3, -0.25) is 0 Å². The smallest absolute Gasteiger partial charge is 0.177 e. The van der Waals surface area contributed by atoms with Crippen LogP contribution in [-0.2, 0) is 16.1 Å². The van der Waals surface area contributed by atoms with Crippen molar-refractivity contribution in [3.63, 3.8) is 0 Å². The van der Waals surface area contributed by atoms with Crippen LogP contribution in [0.1, 0.15) is 13.3 Å². The summed E-state index contributed by atoms with van der Waals surface area (Å²) in [5.74, 6) is 0.441. The maximum Gasteiger partial charge on any atom is 0.177 e. The van der Waals surface area contributed by atoms with Crippen molar-refractivity contribution in [2.45, 2.75) is 24.3 Å². The highest BCUT2D eigenvalue weighted by atomic mass is 32.2. The lowest BCUT2D eigenvalue weighted by molar-refractivity contribution is 0.0920. The molecule has 0 spiro atoms. The molecule has 3 heterocycles. The summed E-state index contributed by atoms with van der Waals surface area (Å²) in [5, 5.41) is 2.81. The molecule has 10 heteroatoms. The number of halogens is 1. The SMILES string of the molecule is COC[C@H](C)Oc1cc(Oc2ccc([S+]([O-])N3CCC3)cc2F)cc(-c2ccc(-c3nccs3)[nH]2)c1. The molecule has 2 atom stereocenters. The summed E-state index contributed by atoms with van der Waals surface area (Å²) < 4.78 is 46.4. The van der Waals surface area contributed by atoms with Gasteiger partial charge >= 0.3 is 0 Å². The molecule has 0 aliphatic carbocycles. The van der Waals surface area contributed by atoms with Gasteiger partial charge in [0.25, 0.3) is 0 Å². The minimum atomic E-state index is -1.36. The predicted octanol–water partition coefficient (Wildman–Crippen LogP) is 5.88. The average molecular weight is 528 g/mol. The van der Waals surface area contributed by atoms with E-state index in [1.54, 1.807) is 41.1 Å². The zero-order valence-corrected chi connectivity index (χ0v) is 21.5. The largest absolute Gasteiger partial charge is 0.593 e. The molecule has 36 heavy (non-hydrogen) atoms. The van der Waals surface area contributed by atoms with E-state index in [0.717, 1.165) is 41.5 Å². The third-order valence-electron chi connectivity index (χ3n) is 5.66. The number of nitrogens with zero attached hydrogens (tertiary/aromatic N) is 2. The lowest BCUT2D eigenvalue weighted by Gasteiger charge is -2.30. The molecule has 1 aliphatic rings. The predicted molar refractivity (Wildman–Crippen MR) is 138 cm³/mol. The van der Waals surface area contributed by atoms with E-state index in [4.69, 9.17) is 14.2 Å². The second-order valence-corrected chi connectivity index (χ2v) is 10.8. The van der Waals surface area contributed by atoms with Crippen LogP contribution < -0.4 is 9.47 Å². The van der Waals surface area contributed by atoms with Gasteiger partial charge in [-0.1, -0.05) is 0 Å². The summed E-state index contributed by atoms with van der Waals surface area (Å²) in [5.41, 5.74) is 2.56. The first-order valence-electron chi connectivity index (χ1n) is 11.5. The molecule has 1 fully saturated rings. The van der Waals surface area contributed by atoms with Crippen LogP contribution in [0, 0.1) is 5.82 Å². The van der Waals surface area contributed by atoms with Gasteiger partial charge in [0.2, 0.25) is 0 Å². The van der Waals surface area contributed by atoms with E-state index in [9.17, 15) is 8.94 Å². The van der Waals surface area contributed by atoms with Gasteiger partial charge in [-0.05, 0) is 49.7 Å². The molecule has 1 N–H and O–H groups in total. The summed E-state index contributed by atoms with van der Waals surface area (Å²) in [6.45, 7) is 3.84. The van der Waals surface area contributed by atoms with Crippen molar-refractivity contribution in [2.75, 3.05) is 26.8 Å². The molecule has 5 rings (SSSR count). The fourth-order valence-electron chi connectivity index (χ4n) is 3.80. The van der Waals surface area contributed by atoms with E-state index in [-0.39, 0.29) is 11.9 Å². The van der Waals surface area contributed by atoms with Gasteiger partial charge in [-0.2, -0.15) is 0 Å². The molecule has 2 aromatic carbocycles. The van der Waals surface area contributed by atoms with Gasteiger partial charge in [0.15, 0.2) is 16.5 Å². The summed E-state index contributed by atoms with van der Waals surface area (Å²) in [4.78, 5) is 8.16. The first-order valence-corrected chi connectivity index (χ1v) is 13.5. The fraction of sp³-hybridized carbons (Fsp3) is 0.269. The zero-order chi connectivity index (χ0) is 25.1. The van der Waals surface area contributed by atoms with Crippen LogP contribution in [0.4, 0.5) is 4.39 Å². The summed E-state index contributed by atoms with van der Waals surface area (Å²) >= 11 is 0.185. The van der Waals surface area contributed by atoms with Crippen molar-refractivity contribution in [3.05, 3.63) is 65.9 Å². The Bertz CT molecular complexity index is 1310. The Balaban J connectivity index is 1.43. The van der Waals surface area contributed by atoms with Gasteiger partial charge < -0.3 is 23.7 Å². The van der Waals surface area contributed by atoms with Crippen LogP contribution >= 0.6 is 11.3 Å². The Labute approximate surface area is 216 Å². The quantitative estimate of drug-likeness (QED) is 0.260. The van der Waals surface area contributed by atoms with Crippen LogP contribution in [0.5, 0.6) is 17.2 Å². The Morgan fingerprint density at radius 3 is 2.64 bits per heavy atom. The lowest BCUT2D eigenvalue weighted by atomic mass is 10.1. The van der Waals surface area contributed by atoms with Gasteiger partial charge in [0.05, 0.1) is 23.7 Å². The molecule has 4 aromatic rings. The van der Waals surface area contributed by atoms with Crippen LogP contribution in [0.25, 0.3) is 22.0 Å². The molecule has 1 saturated heterocycles. The third-order valence-corrected chi connectivity index (χ3v) is 7.96. The van der Waals surface area contributed by atoms with E-state index >= 15 is 0 Å². The molecular formula is C26H26FN3O4S2. The van der Waals surface area contributed by atoms with Crippen LogP contribution in [0.15, 0.2) is 65.0 Å². The Kier molecular flexibility index (Phi) is 7.59. The standard InChI is InChI=1S/C26H26FN3O4S2/c1-17(16-32-2)33-19-12-18(23-5-6-24(29-23)26-28-8-11-35-26)13-20(14-19)34-25-7-4-21(15-22(25)27)36(31)30-9-3-10-30/h4-8,11-15,17,29H,3,9-10,16H2,1-2H3/t17-,36?/m0/s1.